The van der Waals surface area contributed by atoms with E-state index in [1.807, 2.05) is 34.3 Å². The SMILES string of the molecule is C=C(/C=C/c1ccn2c(NCCC(=O)NCCCC)c(CCCCCC)nc2c1)NO. The third-order valence-corrected chi connectivity index (χ3v) is 5.11. The van der Waals surface area contributed by atoms with Gasteiger partial charge in [0.05, 0.1) is 11.4 Å². The molecule has 0 aromatic carbocycles. The molecule has 0 aliphatic rings. The number of hydrogen-bond donors (Lipinski definition) is 4. The highest BCUT2D eigenvalue weighted by molar-refractivity contribution is 5.76. The predicted octanol–water partition coefficient (Wildman–Crippen LogP) is 4.68. The summed E-state index contributed by atoms with van der Waals surface area (Å²) in [4.78, 5) is 16.9. The van der Waals surface area contributed by atoms with Gasteiger partial charge in [-0.15, -0.1) is 0 Å². The van der Waals surface area contributed by atoms with Crippen molar-refractivity contribution in [1.29, 1.82) is 0 Å². The Kier molecular flexibility index (Phi) is 10.6. The molecular formula is C24H37N5O2. The number of anilines is 1. The summed E-state index contributed by atoms with van der Waals surface area (Å²) < 4.78 is 2.04. The summed E-state index contributed by atoms with van der Waals surface area (Å²) in [5.41, 5.74) is 5.29. The van der Waals surface area contributed by atoms with Gasteiger partial charge in [0.2, 0.25) is 5.91 Å². The fourth-order valence-electron chi connectivity index (χ4n) is 3.32. The van der Waals surface area contributed by atoms with Crippen molar-refractivity contribution < 1.29 is 10.0 Å². The van der Waals surface area contributed by atoms with Crippen LogP contribution in [0.15, 0.2) is 36.7 Å². The molecule has 170 valence electrons. The van der Waals surface area contributed by atoms with Gasteiger partial charge in [-0.3, -0.25) is 19.9 Å². The van der Waals surface area contributed by atoms with Crippen molar-refractivity contribution in [2.75, 3.05) is 18.4 Å². The molecule has 0 aliphatic carbocycles. The van der Waals surface area contributed by atoms with Gasteiger partial charge < -0.3 is 10.6 Å². The van der Waals surface area contributed by atoms with E-state index in [2.05, 4.69) is 31.1 Å². The minimum absolute atomic E-state index is 0.0735. The molecule has 2 aromatic heterocycles. The fraction of sp³-hybridized carbons (Fsp3) is 0.500. The first kappa shape index (κ1) is 24.5. The summed E-state index contributed by atoms with van der Waals surface area (Å²) in [5, 5.41) is 15.3. The van der Waals surface area contributed by atoms with Crippen LogP contribution < -0.4 is 16.1 Å². The second kappa shape index (κ2) is 13.5. The minimum Gasteiger partial charge on any atom is -0.369 e. The van der Waals surface area contributed by atoms with Gasteiger partial charge >= 0.3 is 0 Å². The third kappa shape index (κ3) is 8.09. The first-order valence-corrected chi connectivity index (χ1v) is 11.4. The van der Waals surface area contributed by atoms with Gasteiger partial charge in [0, 0.05) is 25.7 Å². The van der Waals surface area contributed by atoms with Crippen molar-refractivity contribution in [3.63, 3.8) is 0 Å². The molecule has 7 nitrogen and oxygen atoms in total. The number of nitrogens with zero attached hydrogens (tertiary/aromatic N) is 2. The summed E-state index contributed by atoms with van der Waals surface area (Å²) in [7, 11) is 0. The smallest absolute Gasteiger partial charge is 0.221 e. The molecule has 2 heterocycles. The Morgan fingerprint density at radius 3 is 2.74 bits per heavy atom. The van der Waals surface area contributed by atoms with E-state index in [0.29, 0.717) is 18.7 Å². The Balaban J connectivity index is 2.12. The van der Waals surface area contributed by atoms with Crippen molar-refractivity contribution in [1.82, 2.24) is 20.2 Å². The molecule has 0 radical (unpaired) electrons. The summed E-state index contributed by atoms with van der Waals surface area (Å²) in [6.45, 7) is 9.30. The lowest BCUT2D eigenvalue weighted by atomic mass is 10.1. The normalized spacial score (nSPS) is 11.2. The van der Waals surface area contributed by atoms with Gasteiger partial charge in [-0.25, -0.2) is 4.98 Å². The molecule has 0 atom stereocenters. The molecule has 0 saturated carbocycles. The number of hydroxylamine groups is 1. The predicted molar refractivity (Wildman–Crippen MR) is 127 cm³/mol. The van der Waals surface area contributed by atoms with Crippen molar-refractivity contribution in [3.8, 4) is 0 Å². The molecule has 0 saturated heterocycles. The Bertz CT molecular complexity index is 872. The highest BCUT2D eigenvalue weighted by Gasteiger charge is 2.12. The topological polar surface area (TPSA) is 90.7 Å². The van der Waals surface area contributed by atoms with E-state index >= 15 is 0 Å². The quantitative estimate of drug-likeness (QED) is 0.188. The molecule has 31 heavy (non-hydrogen) atoms. The number of amides is 1. The molecule has 0 aliphatic heterocycles. The molecule has 2 rings (SSSR count). The highest BCUT2D eigenvalue weighted by atomic mass is 16.5. The molecule has 0 bridgehead atoms. The first-order chi connectivity index (χ1) is 15.1. The number of carbonyl (C=O) groups is 1. The molecular weight excluding hydrogens is 390 g/mol. The summed E-state index contributed by atoms with van der Waals surface area (Å²) in [6, 6.07) is 3.98. The van der Waals surface area contributed by atoms with Crippen molar-refractivity contribution >= 4 is 23.4 Å². The van der Waals surface area contributed by atoms with Gasteiger partial charge in [0.25, 0.3) is 0 Å². The average molecular weight is 428 g/mol. The Labute approximate surface area is 185 Å². The molecule has 0 fully saturated rings. The lowest BCUT2D eigenvalue weighted by Crippen LogP contribution is -2.26. The number of carbonyl (C=O) groups excluding carboxylic acids is 1. The number of aryl methyl sites for hydroxylation is 1. The number of nitrogens with one attached hydrogen (secondary N) is 3. The second-order valence-corrected chi connectivity index (χ2v) is 7.76. The van der Waals surface area contributed by atoms with E-state index < -0.39 is 0 Å². The number of fused-ring (bicyclic) bond motifs is 1. The summed E-state index contributed by atoms with van der Waals surface area (Å²) >= 11 is 0. The van der Waals surface area contributed by atoms with Gasteiger partial charge in [-0.1, -0.05) is 52.2 Å². The van der Waals surface area contributed by atoms with Crippen LogP contribution in [-0.4, -0.2) is 33.6 Å². The van der Waals surface area contributed by atoms with E-state index in [9.17, 15) is 4.79 Å². The number of hydrogen-bond acceptors (Lipinski definition) is 5. The van der Waals surface area contributed by atoms with Crippen LogP contribution in [0.1, 0.15) is 70.1 Å². The van der Waals surface area contributed by atoms with Crippen LogP contribution in [0.4, 0.5) is 5.82 Å². The first-order valence-electron chi connectivity index (χ1n) is 11.4. The number of allylic oxidation sites excluding steroid dienone is 1. The lowest BCUT2D eigenvalue weighted by molar-refractivity contribution is -0.120. The molecule has 1 amide bonds. The van der Waals surface area contributed by atoms with Crippen LogP contribution in [0.3, 0.4) is 0 Å². The molecule has 0 spiro atoms. The van der Waals surface area contributed by atoms with Gasteiger partial charge in [0.1, 0.15) is 11.5 Å². The highest BCUT2D eigenvalue weighted by Crippen LogP contribution is 2.22. The molecule has 7 heteroatoms. The van der Waals surface area contributed by atoms with Crippen LogP contribution in [0.25, 0.3) is 11.7 Å². The number of pyridine rings is 1. The van der Waals surface area contributed by atoms with E-state index in [-0.39, 0.29) is 5.91 Å². The number of aromatic nitrogens is 2. The maximum atomic E-state index is 12.0. The zero-order valence-corrected chi connectivity index (χ0v) is 18.9. The zero-order valence-electron chi connectivity index (χ0n) is 18.9. The van der Waals surface area contributed by atoms with E-state index in [4.69, 9.17) is 10.2 Å². The fourth-order valence-corrected chi connectivity index (χ4v) is 3.32. The van der Waals surface area contributed by atoms with Crippen LogP contribution >= 0.6 is 0 Å². The third-order valence-electron chi connectivity index (χ3n) is 5.11. The van der Waals surface area contributed by atoms with Crippen molar-refractivity contribution in [3.05, 3.63) is 47.9 Å². The van der Waals surface area contributed by atoms with Crippen LogP contribution in [0.2, 0.25) is 0 Å². The Morgan fingerprint density at radius 1 is 1.19 bits per heavy atom. The lowest BCUT2D eigenvalue weighted by Gasteiger charge is -2.09. The average Bonchev–Trinajstić information content (AvgIpc) is 3.11. The van der Waals surface area contributed by atoms with Gasteiger partial charge in [-0.05, 0) is 43.0 Å². The number of imidazole rings is 1. The largest absolute Gasteiger partial charge is 0.369 e. The van der Waals surface area contributed by atoms with Gasteiger partial charge in [0.15, 0.2) is 0 Å². The van der Waals surface area contributed by atoms with Crippen LogP contribution in [0, 0.1) is 0 Å². The molecule has 0 unspecified atom stereocenters. The summed E-state index contributed by atoms with van der Waals surface area (Å²) in [6.07, 6.45) is 13.7. The molecule has 4 N–H and O–H groups in total. The maximum Gasteiger partial charge on any atom is 0.221 e. The van der Waals surface area contributed by atoms with E-state index in [0.717, 1.165) is 55.0 Å². The number of rotatable bonds is 15. The number of unbranched alkanes of at least 4 members (excludes halogenated alkanes) is 4. The van der Waals surface area contributed by atoms with Crippen LogP contribution in [-0.2, 0) is 11.2 Å². The minimum atomic E-state index is 0.0735. The summed E-state index contributed by atoms with van der Waals surface area (Å²) in [5.74, 6) is 1.04. The Morgan fingerprint density at radius 2 is 2.00 bits per heavy atom. The van der Waals surface area contributed by atoms with Crippen molar-refractivity contribution in [2.24, 2.45) is 0 Å². The van der Waals surface area contributed by atoms with Gasteiger partial charge in [-0.2, -0.15) is 0 Å². The van der Waals surface area contributed by atoms with Crippen molar-refractivity contribution in [2.45, 2.75) is 65.2 Å². The maximum absolute atomic E-state index is 12.0. The van der Waals surface area contributed by atoms with Crippen LogP contribution in [0.5, 0.6) is 0 Å². The van der Waals surface area contributed by atoms with E-state index in [1.54, 1.807) is 6.08 Å². The monoisotopic (exact) mass is 427 g/mol. The molecule has 2 aromatic rings. The standard InChI is InChI=1S/C24H37N5O2/c1-4-6-8-9-10-21-24(26-16-13-23(30)25-15-7-5-2)29-17-14-20(18-22(29)27-21)12-11-19(3)28-31/h11-12,14,17-18,26,28,31H,3-10,13,15-16H2,1-2H3,(H,25,30)/b12-11+. The van der Waals surface area contributed by atoms with E-state index in [1.165, 1.54) is 19.3 Å². The zero-order chi connectivity index (χ0) is 22.5. The second-order valence-electron chi connectivity index (χ2n) is 7.76. The Hall–Kier alpha value is -2.80.